The van der Waals surface area contributed by atoms with Crippen molar-refractivity contribution in [3.63, 3.8) is 0 Å². The molecule has 19 heavy (non-hydrogen) atoms. The number of piperidine rings is 1. The highest BCUT2D eigenvalue weighted by atomic mass is 35.5. The molecule has 0 saturated carbocycles. The van der Waals surface area contributed by atoms with Crippen LogP contribution in [0.15, 0.2) is 12.1 Å². The average Bonchev–Trinajstić information content (AvgIpc) is 2.39. The molecule has 1 fully saturated rings. The summed E-state index contributed by atoms with van der Waals surface area (Å²) in [4.78, 5) is 8.83. The van der Waals surface area contributed by atoms with Crippen molar-refractivity contribution in [3.05, 3.63) is 22.8 Å². The van der Waals surface area contributed by atoms with Gasteiger partial charge in [-0.2, -0.15) is 5.26 Å². The summed E-state index contributed by atoms with van der Waals surface area (Å²) < 4.78 is 0. The third-order valence-corrected chi connectivity index (χ3v) is 3.71. The summed E-state index contributed by atoms with van der Waals surface area (Å²) in [5.74, 6) is 1.52. The van der Waals surface area contributed by atoms with E-state index in [1.165, 1.54) is 12.8 Å². The molecule has 2 rings (SSSR count). The topological polar surface area (TPSA) is 43.2 Å². The molecular weight excluding hydrogens is 260 g/mol. The van der Waals surface area contributed by atoms with Gasteiger partial charge < -0.3 is 9.80 Å². The van der Waals surface area contributed by atoms with Crippen LogP contribution in [0.4, 0.5) is 5.82 Å². The van der Waals surface area contributed by atoms with Crippen LogP contribution in [0.3, 0.4) is 0 Å². The number of nitrogens with zero attached hydrogens (tertiary/aromatic N) is 4. The average molecular weight is 279 g/mol. The van der Waals surface area contributed by atoms with Crippen molar-refractivity contribution < 1.29 is 0 Å². The SMILES string of the molecule is CN(C)C[C@H]1CCCN(c2ccc(Cl)c(C#N)n2)C1. The lowest BCUT2D eigenvalue weighted by molar-refractivity contribution is 0.291. The maximum Gasteiger partial charge on any atom is 0.161 e. The minimum absolute atomic E-state index is 0.314. The fourth-order valence-electron chi connectivity index (χ4n) is 2.62. The van der Waals surface area contributed by atoms with E-state index in [4.69, 9.17) is 16.9 Å². The second-order valence-corrected chi connectivity index (χ2v) is 5.74. The van der Waals surface area contributed by atoms with Crippen LogP contribution < -0.4 is 4.90 Å². The Bertz CT molecular complexity index is 481. The molecule has 0 spiro atoms. The zero-order valence-electron chi connectivity index (χ0n) is 11.4. The molecule has 0 aliphatic carbocycles. The second-order valence-electron chi connectivity index (χ2n) is 5.33. The van der Waals surface area contributed by atoms with Crippen molar-refractivity contribution in [1.82, 2.24) is 9.88 Å². The zero-order chi connectivity index (χ0) is 13.8. The summed E-state index contributed by atoms with van der Waals surface area (Å²) in [7, 11) is 4.21. The van der Waals surface area contributed by atoms with E-state index < -0.39 is 0 Å². The molecule has 5 heteroatoms. The number of nitriles is 1. The Hall–Kier alpha value is -1.31. The summed E-state index contributed by atoms with van der Waals surface area (Å²) >= 11 is 5.92. The fraction of sp³-hybridized carbons (Fsp3) is 0.571. The van der Waals surface area contributed by atoms with Gasteiger partial charge >= 0.3 is 0 Å². The molecule has 0 N–H and O–H groups in total. The molecular formula is C14H19ClN4. The maximum absolute atomic E-state index is 8.99. The number of anilines is 1. The normalized spacial score (nSPS) is 19.5. The number of aromatic nitrogens is 1. The number of halogens is 1. The highest BCUT2D eigenvalue weighted by Gasteiger charge is 2.21. The van der Waals surface area contributed by atoms with Crippen molar-refractivity contribution in [3.8, 4) is 6.07 Å². The standard InChI is InChI=1S/C14H19ClN4/c1-18(2)9-11-4-3-7-19(10-11)14-6-5-12(15)13(8-16)17-14/h5-6,11H,3-4,7,9-10H2,1-2H3/t11-/m1/s1. The maximum atomic E-state index is 8.99. The minimum atomic E-state index is 0.314. The van der Waals surface area contributed by atoms with Crippen LogP contribution in [0.1, 0.15) is 18.5 Å². The minimum Gasteiger partial charge on any atom is -0.356 e. The lowest BCUT2D eigenvalue weighted by atomic mass is 9.97. The van der Waals surface area contributed by atoms with Crippen LogP contribution in [0, 0.1) is 17.2 Å². The molecule has 2 heterocycles. The van der Waals surface area contributed by atoms with Crippen molar-refractivity contribution in [1.29, 1.82) is 5.26 Å². The Morgan fingerprint density at radius 1 is 1.53 bits per heavy atom. The van der Waals surface area contributed by atoms with Crippen molar-refractivity contribution in [2.24, 2.45) is 5.92 Å². The van der Waals surface area contributed by atoms with Crippen LogP contribution in [0.2, 0.25) is 5.02 Å². The van der Waals surface area contributed by atoms with Gasteiger partial charge in [0.15, 0.2) is 5.69 Å². The number of hydrogen-bond donors (Lipinski definition) is 0. The molecule has 1 atom stereocenters. The van der Waals surface area contributed by atoms with Crippen molar-refractivity contribution in [2.45, 2.75) is 12.8 Å². The first-order valence-electron chi connectivity index (χ1n) is 6.56. The summed E-state index contributed by atoms with van der Waals surface area (Å²) in [5.41, 5.74) is 0.314. The molecule has 4 nitrogen and oxygen atoms in total. The molecule has 0 bridgehead atoms. The third kappa shape index (κ3) is 3.59. The Labute approximate surface area is 119 Å². The van der Waals surface area contributed by atoms with E-state index in [2.05, 4.69) is 28.9 Å². The van der Waals surface area contributed by atoms with E-state index in [9.17, 15) is 0 Å². The van der Waals surface area contributed by atoms with Gasteiger partial charge in [-0.3, -0.25) is 0 Å². The molecule has 0 unspecified atom stereocenters. The van der Waals surface area contributed by atoms with Gasteiger partial charge in [0.1, 0.15) is 11.9 Å². The van der Waals surface area contributed by atoms with Crippen LogP contribution in [-0.4, -0.2) is 43.6 Å². The molecule has 0 amide bonds. The van der Waals surface area contributed by atoms with E-state index in [1.54, 1.807) is 6.07 Å². The van der Waals surface area contributed by atoms with Gasteiger partial charge in [0.05, 0.1) is 5.02 Å². The van der Waals surface area contributed by atoms with Crippen LogP contribution in [0.25, 0.3) is 0 Å². The summed E-state index contributed by atoms with van der Waals surface area (Å²) in [6.45, 7) is 3.09. The third-order valence-electron chi connectivity index (χ3n) is 3.40. The molecule has 102 valence electrons. The molecule has 1 saturated heterocycles. The van der Waals surface area contributed by atoms with Crippen molar-refractivity contribution in [2.75, 3.05) is 38.6 Å². The summed E-state index contributed by atoms with van der Waals surface area (Å²) in [6, 6.07) is 5.71. The molecule has 0 radical (unpaired) electrons. The van der Waals surface area contributed by atoms with Gasteiger partial charge in [0.2, 0.25) is 0 Å². The quantitative estimate of drug-likeness (QED) is 0.851. The Morgan fingerprint density at radius 2 is 2.32 bits per heavy atom. The van der Waals surface area contributed by atoms with Gasteiger partial charge in [-0.05, 0) is 45.0 Å². The Kier molecular flexibility index (Phi) is 4.62. The van der Waals surface area contributed by atoms with Gasteiger partial charge in [0, 0.05) is 19.6 Å². The van der Waals surface area contributed by atoms with Crippen LogP contribution >= 0.6 is 11.6 Å². The smallest absolute Gasteiger partial charge is 0.161 e. The number of pyridine rings is 1. The van der Waals surface area contributed by atoms with E-state index in [0.717, 1.165) is 25.5 Å². The summed E-state index contributed by atoms with van der Waals surface area (Å²) in [5, 5.41) is 9.41. The number of rotatable bonds is 3. The fourth-order valence-corrected chi connectivity index (χ4v) is 2.77. The number of hydrogen-bond acceptors (Lipinski definition) is 4. The highest BCUT2D eigenvalue weighted by Crippen LogP contribution is 2.24. The molecule has 0 aromatic carbocycles. The zero-order valence-corrected chi connectivity index (χ0v) is 12.2. The van der Waals surface area contributed by atoms with E-state index in [-0.39, 0.29) is 0 Å². The molecule has 1 aromatic rings. The van der Waals surface area contributed by atoms with E-state index in [0.29, 0.717) is 16.6 Å². The predicted octanol–water partition coefficient (Wildman–Crippen LogP) is 2.38. The van der Waals surface area contributed by atoms with Crippen LogP contribution in [0.5, 0.6) is 0 Å². The lowest BCUT2D eigenvalue weighted by Gasteiger charge is -2.34. The Balaban J connectivity index is 2.11. The van der Waals surface area contributed by atoms with Gasteiger partial charge in [-0.25, -0.2) is 4.98 Å². The molecule has 1 aromatic heterocycles. The predicted molar refractivity (Wildman–Crippen MR) is 77.5 cm³/mol. The second kappa shape index (κ2) is 6.23. The van der Waals surface area contributed by atoms with Gasteiger partial charge in [0.25, 0.3) is 0 Å². The van der Waals surface area contributed by atoms with E-state index >= 15 is 0 Å². The largest absolute Gasteiger partial charge is 0.356 e. The highest BCUT2D eigenvalue weighted by molar-refractivity contribution is 6.31. The van der Waals surface area contributed by atoms with Crippen molar-refractivity contribution >= 4 is 17.4 Å². The first kappa shape index (κ1) is 14.1. The first-order valence-corrected chi connectivity index (χ1v) is 6.94. The molecule has 1 aliphatic heterocycles. The first-order chi connectivity index (χ1) is 9.10. The van der Waals surface area contributed by atoms with E-state index in [1.807, 2.05) is 12.1 Å². The summed E-state index contributed by atoms with van der Waals surface area (Å²) in [6.07, 6.45) is 2.43. The van der Waals surface area contributed by atoms with Crippen LogP contribution in [-0.2, 0) is 0 Å². The monoisotopic (exact) mass is 278 g/mol. The van der Waals surface area contributed by atoms with Gasteiger partial charge in [-0.1, -0.05) is 11.6 Å². The Morgan fingerprint density at radius 3 is 3.00 bits per heavy atom. The molecule has 1 aliphatic rings. The lowest BCUT2D eigenvalue weighted by Crippen LogP contribution is -2.39. The van der Waals surface area contributed by atoms with Gasteiger partial charge in [-0.15, -0.1) is 0 Å².